The van der Waals surface area contributed by atoms with E-state index in [0.29, 0.717) is 5.69 Å². The second kappa shape index (κ2) is 9.01. The van der Waals surface area contributed by atoms with E-state index < -0.39 is 10.0 Å². The number of hydrogen-bond acceptors (Lipinski definition) is 4. The van der Waals surface area contributed by atoms with Gasteiger partial charge in [0, 0.05) is 11.7 Å². The van der Waals surface area contributed by atoms with Crippen LogP contribution in [0.25, 0.3) is 0 Å². The molecular weight excluding hydrogens is 364 g/mol. The molecule has 2 aromatic carbocycles. The minimum absolute atomic E-state index is 0.160. The van der Waals surface area contributed by atoms with Crippen LogP contribution in [0.15, 0.2) is 47.4 Å². The molecule has 0 unspecified atom stereocenters. The monoisotopic (exact) mass is 390 g/mol. The van der Waals surface area contributed by atoms with Crippen LogP contribution in [0.4, 0.5) is 5.69 Å². The highest BCUT2D eigenvalue weighted by molar-refractivity contribution is 7.89. The van der Waals surface area contributed by atoms with Gasteiger partial charge in [0.2, 0.25) is 15.9 Å². The molecule has 0 radical (unpaired) electrons. The number of hydrogen-bond donors (Lipinski definition) is 2. The minimum atomic E-state index is -3.54. The van der Waals surface area contributed by atoms with Gasteiger partial charge in [-0.25, -0.2) is 13.1 Å². The van der Waals surface area contributed by atoms with E-state index in [1.807, 2.05) is 26.0 Å². The standard InChI is InChI=1S/C20H26N2O4S/c1-14(2)22-27(24,25)19-7-5-17(6-8-19)21-20(23)9-10-26-18-12-15(3)11-16(4)13-18/h5-8,11-14,22H,9-10H2,1-4H3,(H,21,23). The molecule has 0 saturated carbocycles. The number of ether oxygens (including phenoxy) is 1. The van der Waals surface area contributed by atoms with Gasteiger partial charge in [0.1, 0.15) is 5.75 Å². The normalized spacial score (nSPS) is 11.4. The predicted molar refractivity (Wildman–Crippen MR) is 107 cm³/mol. The van der Waals surface area contributed by atoms with E-state index in [4.69, 9.17) is 4.74 Å². The maximum Gasteiger partial charge on any atom is 0.240 e. The molecule has 2 N–H and O–H groups in total. The van der Waals surface area contributed by atoms with Crippen LogP contribution < -0.4 is 14.8 Å². The Labute approximate surface area is 161 Å². The van der Waals surface area contributed by atoms with Crippen LogP contribution in [0.3, 0.4) is 0 Å². The van der Waals surface area contributed by atoms with Gasteiger partial charge in [-0.2, -0.15) is 0 Å². The van der Waals surface area contributed by atoms with E-state index in [1.165, 1.54) is 12.1 Å². The number of carbonyl (C=O) groups is 1. The summed E-state index contributed by atoms with van der Waals surface area (Å²) in [6.07, 6.45) is 0.196. The lowest BCUT2D eigenvalue weighted by atomic mass is 10.1. The minimum Gasteiger partial charge on any atom is -0.493 e. The van der Waals surface area contributed by atoms with Gasteiger partial charge >= 0.3 is 0 Å². The summed E-state index contributed by atoms with van der Waals surface area (Å²) in [4.78, 5) is 12.2. The molecule has 2 rings (SSSR count). The number of anilines is 1. The summed E-state index contributed by atoms with van der Waals surface area (Å²) < 4.78 is 32.3. The van der Waals surface area contributed by atoms with Crippen molar-refractivity contribution in [3.05, 3.63) is 53.6 Å². The summed E-state index contributed by atoms with van der Waals surface area (Å²) in [5, 5.41) is 2.74. The Morgan fingerprint density at radius 3 is 2.19 bits per heavy atom. The third kappa shape index (κ3) is 6.69. The van der Waals surface area contributed by atoms with Crippen LogP contribution in [-0.2, 0) is 14.8 Å². The topological polar surface area (TPSA) is 84.5 Å². The van der Waals surface area contributed by atoms with E-state index >= 15 is 0 Å². The largest absolute Gasteiger partial charge is 0.493 e. The van der Waals surface area contributed by atoms with Crippen molar-refractivity contribution < 1.29 is 17.9 Å². The molecule has 0 aromatic heterocycles. The van der Waals surface area contributed by atoms with Crippen LogP contribution in [0.5, 0.6) is 5.75 Å². The van der Waals surface area contributed by atoms with Crippen LogP contribution >= 0.6 is 0 Å². The summed E-state index contributed by atoms with van der Waals surface area (Å²) in [6, 6.07) is 11.8. The van der Waals surface area contributed by atoms with Crippen LogP contribution in [0, 0.1) is 13.8 Å². The zero-order valence-electron chi connectivity index (χ0n) is 16.1. The summed E-state index contributed by atoms with van der Waals surface area (Å²) in [5.74, 6) is 0.544. The molecule has 0 aliphatic carbocycles. The molecular formula is C20H26N2O4S. The highest BCUT2D eigenvalue weighted by Crippen LogP contribution is 2.17. The van der Waals surface area contributed by atoms with Crippen LogP contribution in [0.1, 0.15) is 31.4 Å². The lowest BCUT2D eigenvalue weighted by molar-refractivity contribution is -0.116. The molecule has 0 saturated heterocycles. The summed E-state index contributed by atoms with van der Waals surface area (Å²) >= 11 is 0. The van der Waals surface area contributed by atoms with Gasteiger partial charge in [0.15, 0.2) is 0 Å². The molecule has 0 aliphatic heterocycles. The summed E-state index contributed by atoms with van der Waals surface area (Å²) in [6.45, 7) is 7.76. The Kier molecular flexibility index (Phi) is 6.98. The van der Waals surface area contributed by atoms with E-state index in [1.54, 1.807) is 26.0 Å². The van der Waals surface area contributed by atoms with Crippen molar-refractivity contribution in [3.63, 3.8) is 0 Å². The lowest BCUT2D eigenvalue weighted by Crippen LogP contribution is -2.30. The fourth-order valence-corrected chi connectivity index (χ4v) is 3.85. The van der Waals surface area contributed by atoms with Gasteiger partial charge in [0.05, 0.1) is 17.9 Å². The second-order valence-electron chi connectivity index (χ2n) is 6.77. The molecule has 0 heterocycles. The van der Waals surface area contributed by atoms with Crippen molar-refractivity contribution in [1.82, 2.24) is 4.72 Å². The first kappa shape index (κ1) is 20.9. The van der Waals surface area contributed by atoms with Crippen molar-refractivity contribution >= 4 is 21.6 Å². The van der Waals surface area contributed by atoms with Crippen molar-refractivity contribution in [2.24, 2.45) is 0 Å². The number of sulfonamides is 1. The number of benzene rings is 2. The molecule has 0 bridgehead atoms. The SMILES string of the molecule is Cc1cc(C)cc(OCCC(=O)Nc2ccc(S(=O)(=O)NC(C)C)cc2)c1. The van der Waals surface area contributed by atoms with Crippen molar-refractivity contribution in [2.45, 2.75) is 45.1 Å². The van der Waals surface area contributed by atoms with Crippen molar-refractivity contribution in [2.75, 3.05) is 11.9 Å². The zero-order chi connectivity index (χ0) is 20.0. The zero-order valence-corrected chi connectivity index (χ0v) is 16.9. The smallest absolute Gasteiger partial charge is 0.240 e. The number of carbonyl (C=O) groups excluding carboxylic acids is 1. The summed E-state index contributed by atoms with van der Waals surface area (Å²) in [5.41, 5.74) is 2.75. The fourth-order valence-electron chi connectivity index (χ4n) is 2.60. The van der Waals surface area contributed by atoms with E-state index in [9.17, 15) is 13.2 Å². The molecule has 27 heavy (non-hydrogen) atoms. The first-order chi connectivity index (χ1) is 12.7. The Morgan fingerprint density at radius 2 is 1.63 bits per heavy atom. The average molecular weight is 391 g/mol. The highest BCUT2D eigenvalue weighted by Gasteiger charge is 2.15. The maximum atomic E-state index is 12.1. The van der Waals surface area contributed by atoms with Crippen LogP contribution in [0.2, 0.25) is 0 Å². The number of rotatable bonds is 8. The molecule has 0 aliphatic rings. The van der Waals surface area contributed by atoms with Crippen LogP contribution in [-0.4, -0.2) is 27.0 Å². The molecule has 0 atom stereocenters. The molecule has 146 valence electrons. The molecule has 1 amide bonds. The highest BCUT2D eigenvalue weighted by atomic mass is 32.2. The molecule has 2 aromatic rings. The predicted octanol–water partition coefficient (Wildman–Crippen LogP) is 3.40. The van der Waals surface area contributed by atoms with Gasteiger partial charge < -0.3 is 10.1 Å². The lowest BCUT2D eigenvalue weighted by Gasteiger charge is -2.11. The van der Waals surface area contributed by atoms with E-state index in [2.05, 4.69) is 16.1 Å². The summed E-state index contributed by atoms with van der Waals surface area (Å²) in [7, 11) is -3.54. The quantitative estimate of drug-likeness (QED) is 0.723. The van der Waals surface area contributed by atoms with Crippen molar-refractivity contribution in [1.29, 1.82) is 0 Å². The third-order valence-corrected chi connectivity index (χ3v) is 5.31. The third-order valence-electron chi connectivity index (χ3n) is 3.63. The molecule has 6 nitrogen and oxygen atoms in total. The number of nitrogens with one attached hydrogen (secondary N) is 2. The maximum absolute atomic E-state index is 12.1. The van der Waals surface area contributed by atoms with Crippen molar-refractivity contribution in [3.8, 4) is 5.75 Å². The Balaban J connectivity index is 1.87. The number of aryl methyl sites for hydroxylation is 2. The van der Waals surface area contributed by atoms with Gasteiger partial charge in [0.25, 0.3) is 0 Å². The van der Waals surface area contributed by atoms with Gasteiger partial charge in [-0.3, -0.25) is 4.79 Å². The van der Waals surface area contributed by atoms with Gasteiger partial charge in [-0.15, -0.1) is 0 Å². The molecule has 7 heteroatoms. The Hall–Kier alpha value is -2.38. The first-order valence-corrected chi connectivity index (χ1v) is 10.3. The first-order valence-electron chi connectivity index (χ1n) is 8.79. The van der Waals surface area contributed by atoms with E-state index in [-0.39, 0.29) is 29.9 Å². The second-order valence-corrected chi connectivity index (χ2v) is 8.48. The Bertz CT molecular complexity index is 870. The fraction of sp³-hybridized carbons (Fsp3) is 0.350. The molecule has 0 spiro atoms. The Morgan fingerprint density at radius 1 is 1.04 bits per heavy atom. The van der Waals surface area contributed by atoms with E-state index in [0.717, 1.165) is 16.9 Å². The average Bonchev–Trinajstić information content (AvgIpc) is 2.53. The molecule has 0 fully saturated rings. The van der Waals surface area contributed by atoms with Gasteiger partial charge in [-0.05, 0) is 75.2 Å². The van der Waals surface area contributed by atoms with Gasteiger partial charge in [-0.1, -0.05) is 6.07 Å². The number of amides is 1.